The van der Waals surface area contributed by atoms with Gasteiger partial charge in [0.1, 0.15) is 12.7 Å². The van der Waals surface area contributed by atoms with Crippen LogP contribution in [0.2, 0.25) is 0 Å². The maximum atomic E-state index is 12.6. The van der Waals surface area contributed by atoms with Crippen molar-refractivity contribution in [3.05, 3.63) is 36.5 Å². The Bertz CT molecular complexity index is 983. The summed E-state index contributed by atoms with van der Waals surface area (Å²) in [7, 11) is -4.62. The van der Waals surface area contributed by atoms with E-state index in [2.05, 4.69) is 54.8 Å². The molecule has 53 heavy (non-hydrogen) atoms. The first kappa shape index (κ1) is 51.2. The Kier molecular flexibility index (Phi) is 37.2. The Morgan fingerprint density at radius 2 is 0.981 bits per heavy atom. The number of hydrogen-bond acceptors (Lipinski definition) is 9. The van der Waals surface area contributed by atoms with Crippen LogP contribution in [0.3, 0.4) is 0 Å². The molecule has 0 amide bonds. The van der Waals surface area contributed by atoms with Crippen LogP contribution in [-0.4, -0.2) is 65.7 Å². The predicted octanol–water partition coefficient (Wildman–Crippen LogP) is 10.8. The van der Waals surface area contributed by atoms with E-state index in [1.807, 2.05) is 0 Å². The molecule has 0 saturated heterocycles. The lowest BCUT2D eigenvalue weighted by atomic mass is 10.1. The van der Waals surface area contributed by atoms with Crippen molar-refractivity contribution in [2.75, 3.05) is 26.4 Å². The molecule has 0 spiro atoms. The van der Waals surface area contributed by atoms with Crippen LogP contribution >= 0.6 is 7.82 Å². The van der Waals surface area contributed by atoms with E-state index in [4.69, 9.17) is 19.1 Å². The lowest BCUT2D eigenvalue weighted by molar-refractivity contribution is -0.161. The van der Waals surface area contributed by atoms with Gasteiger partial charge in [-0.15, -0.1) is 0 Å². The molecule has 0 aliphatic carbocycles. The van der Waals surface area contributed by atoms with Crippen molar-refractivity contribution in [2.45, 2.75) is 193 Å². The van der Waals surface area contributed by atoms with Crippen molar-refractivity contribution in [3.8, 4) is 0 Å². The molecule has 3 N–H and O–H groups in total. The predicted molar refractivity (Wildman–Crippen MR) is 214 cm³/mol. The van der Waals surface area contributed by atoms with Crippen LogP contribution in [0.4, 0.5) is 0 Å². The number of carbonyl (C=O) groups excluding carboxylic acids is 2. The first-order valence-corrected chi connectivity index (χ1v) is 22.4. The molecule has 0 aromatic carbocycles. The summed E-state index contributed by atoms with van der Waals surface area (Å²) in [6, 6.07) is 0. The number of unbranched alkanes of at least 4 members (excludes halogenated alkanes) is 19. The fraction of sp³-hybridized carbons (Fsp3) is 0.810. The summed E-state index contributed by atoms with van der Waals surface area (Å²) < 4.78 is 32.7. The number of rotatable bonds is 39. The summed E-state index contributed by atoms with van der Waals surface area (Å²) in [6.45, 7) is 2.32. The van der Waals surface area contributed by atoms with E-state index in [-0.39, 0.29) is 19.4 Å². The molecule has 0 aromatic rings. The number of carbonyl (C=O) groups is 2. The average Bonchev–Trinajstić information content (AvgIpc) is 3.14. The van der Waals surface area contributed by atoms with Gasteiger partial charge in [-0.25, -0.2) is 4.57 Å². The Hall–Kier alpha value is -1.81. The standard InChI is InChI=1S/C42H77O10P/c1-3-5-7-9-11-13-15-17-19-21-23-25-27-29-31-33-41(45)49-37-40(38-51-53(47,48)50-36-39(44)35-43)52-42(46)34-32-30-28-26-24-22-20-18-16-14-12-10-8-6-4-2/h12-15,18,20,39-40,43-44H,3-11,16-17,19,21-38H2,1-2H3,(H,47,48)/b14-12+,15-13+,20-18+/t39-,40+/m0/s1. The van der Waals surface area contributed by atoms with Crippen LogP contribution in [0.15, 0.2) is 36.5 Å². The molecule has 11 heteroatoms. The van der Waals surface area contributed by atoms with Crippen molar-refractivity contribution in [1.29, 1.82) is 0 Å². The van der Waals surface area contributed by atoms with Gasteiger partial charge in [0.05, 0.1) is 19.8 Å². The lowest BCUT2D eigenvalue weighted by Crippen LogP contribution is -2.29. The second-order valence-corrected chi connectivity index (χ2v) is 15.5. The van der Waals surface area contributed by atoms with E-state index in [9.17, 15) is 24.2 Å². The van der Waals surface area contributed by atoms with Gasteiger partial charge in [0.25, 0.3) is 0 Å². The SMILES string of the molecule is CCCCC/C=C/C/C=C/CCCCCCCC(=O)O[C@H](COC(=O)CCCCCCCCC/C=C/CCCCCC)COP(=O)(O)OC[C@@H](O)CO. The molecule has 0 aliphatic heterocycles. The molecule has 0 bridgehead atoms. The van der Waals surface area contributed by atoms with Crippen LogP contribution < -0.4 is 0 Å². The third-order valence-corrected chi connectivity index (χ3v) is 9.72. The third kappa shape index (κ3) is 38.3. The molecule has 0 saturated carbocycles. The molecule has 0 fully saturated rings. The van der Waals surface area contributed by atoms with E-state index in [1.54, 1.807) is 0 Å². The summed E-state index contributed by atoms with van der Waals surface area (Å²) >= 11 is 0. The van der Waals surface area contributed by atoms with Crippen LogP contribution in [0, 0.1) is 0 Å². The minimum absolute atomic E-state index is 0.167. The van der Waals surface area contributed by atoms with Gasteiger partial charge in [-0.05, 0) is 70.6 Å². The largest absolute Gasteiger partial charge is 0.472 e. The molecule has 10 nitrogen and oxygen atoms in total. The van der Waals surface area contributed by atoms with Gasteiger partial charge in [-0.1, -0.05) is 134 Å². The molecule has 0 heterocycles. The maximum absolute atomic E-state index is 12.6. The first-order chi connectivity index (χ1) is 25.7. The minimum atomic E-state index is -4.62. The number of allylic oxidation sites excluding steroid dienone is 6. The molecule has 1 unspecified atom stereocenters. The first-order valence-electron chi connectivity index (χ1n) is 20.9. The molecule has 3 atom stereocenters. The van der Waals surface area contributed by atoms with Gasteiger partial charge in [0, 0.05) is 12.8 Å². The van der Waals surface area contributed by atoms with Gasteiger partial charge in [0.2, 0.25) is 0 Å². The second-order valence-electron chi connectivity index (χ2n) is 14.0. The topological polar surface area (TPSA) is 149 Å². The van der Waals surface area contributed by atoms with Crippen LogP contribution in [0.1, 0.15) is 181 Å². The van der Waals surface area contributed by atoms with Crippen LogP contribution in [0.25, 0.3) is 0 Å². The molecule has 310 valence electrons. The lowest BCUT2D eigenvalue weighted by Gasteiger charge is -2.20. The average molecular weight is 773 g/mol. The summed E-state index contributed by atoms with van der Waals surface area (Å²) in [4.78, 5) is 34.9. The zero-order valence-corrected chi connectivity index (χ0v) is 34.4. The van der Waals surface area contributed by atoms with Crippen molar-refractivity contribution < 1.29 is 47.8 Å². The highest BCUT2D eigenvalue weighted by Crippen LogP contribution is 2.43. The number of esters is 2. The van der Waals surface area contributed by atoms with Gasteiger partial charge < -0.3 is 24.6 Å². The van der Waals surface area contributed by atoms with Crippen molar-refractivity contribution >= 4 is 19.8 Å². The molecule has 0 aliphatic rings. The van der Waals surface area contributed by atoms with Crippen molar-refractivity contribution in [2.24, 2.45) is 0 Å². The van der Waals surface area contributed by atoms with E-state index in [0.717, 1.165) is 70.6 Å². The highest BCUT2D eigenvalue weighted by atomic mass is 31.2. The summed E-state index contributed by atoms with van der Waals surface area (Å²) in [5, 5.41) is 18.3. The summed E-state index contributed by atoms with van der Waals surface area (Å²) in [6.07, 6.45) is 38.2. The van der Waals surface area contributed by atoms with Gasteiger partial charge >= 0.3 is 19.8 Å². The Labute approximate surface area is 322 Å². The maximum Gasteiger partial charge on any atom is 0.472 e. The Balaban J connectivity index is 4.35. The van der Waals surface area contributed by atoms with Gasteiger partial charge in [0.15, 0.2) is 6.10 Å². The number of ether oxygens (including phenoxy) is 2. The quantitative estimate of drug-likeness (QED) is 0.0238. The zero-order chi connectivity index (χ0) is 39.1. The molecule has 0 aromatic heterocycles. The number of phosphoric acid groups is 1. The summed E-state index contributed by atoms with van der Waals surface area (Å²) in [5.74, 6) is -0.945. The monoisotopic (exact) mass is 773 g/mol. The molecule has 0 radical (unpaired) electrons. The van der Waals surface area contributed by atoms with Gasteiger partial charge in [-0.2, -0.15) is 0 Å². The number of aliphatic hydroxyl groups is 2. The van der Waals surface area contributed by atoms with E-state index in [0.29, 0.717) is 12.8 Å². The second kappa shape index (κ2) is 38.5. The Morgan fingerprint density at radius 1 is 0.566 bits per heavy atom. The minimum Gasteiger partial charge on any atom is -0.462 e. The van der Waals surface area contributed by atoms with E-state index < -0.39 is 51.8 Å². The molecular weight excluding hydrogens is 695 g/mol. The molecular formula is C42H77O10P. The highest BCUT2D eigenvalue weighted by Gasteiger charge is 2.27. The number of phosphoric ester groups is 1. The Morgan fingerprint density at radius 3 is 1.51 bits per heavy atom. The van der Waals surface area contributed by atoms with E-state index >= 15 is 0 Å². The number of hydrogen-bond donors (Lipinski definition) is 3. The number of aliphatic hydroxyl groups excluding tert-OH is 2. The fourth-order valence-electron chi connectivity index (χ4n) is 5.49. The van der Waals surface area contributed by atoms with Crippen LogP contribution in [0.5, 0.6) is 0 Å². The normalized spacial score (nSPS) is 14.3. The smallest absolute Gasteiger partial charge is 0.462 e. The van der Waals surface area contributed by atoms with E-state index in [1.165, 1.54) is 70.6 Å². The van der Waals surface area contributed by atoms with Gasteiger partial charge in [-0.3, -0.25) is 18.6 Å². The molecule has 0 rings (SSSR count). The van der Waals surface area contributed by atoms with Crippen molar-refractivity contribution in [1.82, 2.24) is 0 Å². The van der Waals surface area contributed by atoms with Crippen molar-refractivity contribution in [3.63, 3.8) is 0 Å². The third-order valence-electron chi connectivity index (χ3n) is 8.77. The van der Waals surface area contributed by atoms with Crippen LogP contribution in [-0.2, 0) is 32.7 Å². The fourth-order valence-corrected chi connectivity index (χ4v) is 6.28. The highest BCUT2D eigenvalue weighted by molar-refractivity contribution is 7.47. The summed E-state index contributed by atoms with van der Waals surface area (Å²) in [5.41, 5.74) is 0. The zero-order valence-electron chi connectivity index (χ0n) is 33.5.